The number of nitrogens with zero attached hydrogens (tertiary/aromatic N) is 1. The molecule has 4 N–H and O–H groups in total. The maximum atomic E-state index is 12.3. The van der Waals surface area contributed by atoms with Crippen molar-refractivity contribution in [3.63, 3.8) is 0 Å². The van der Waals surface area contributed by atoms with Gasteiger partial charge < -0.3 is 20.4 Å². The van der Waals surface area contributed by atoms with Gasteiger partial charge in [-0.25, -0.2) is 13.1 Å². The molecule has 8 heteroatoms. The monoisotopic (exact) mass is 427 g/mol. The van der Waals surface area contributed by atoms with E-state index in [2.05, 4.69) is 10.0 Å². The van der Waals surface area contributed by atoms with Gasteiger partial charge in [-0.1, -0.05) is 0 Å². The van der Waals surface area contributed by atoms with Crippen molar-refractivity contribution < 1.29 is 18.6 Å². The topological polar surface area (TPSA) is 102 Å². The highest BCUT2D eigenvalue weighted by molar-refractivity contribution is 7.90. The van der Waals surface area contributed by atoms with Gasteiger partial charge in [-0.15, -0.1) is 0 Å². The lowest BCUT2D eigenvalue weighted by atomic mass is 9.86. The Labute approximate surface area is 175 Å². The molecule has 166 valence electrons. The molecular formula is C21H37N3O4S. The maximum absolute atomic E-state index is 12.3. The summed E-state index contributed by atoms with van der Waals surface area (Å²) in [6, 6.07) is 8.05. The van der Waals surface area contributed by atoms with Crippen LogP contribution in [0.3, 0.4) is 0 Å². The van der Waals surface area contributed by atoms with Gasteiger partial charge in [0.15, 0.2) is 0 Å². The Morgan fingerprint density at radius 1 is 1.00 bits per heavy atom. The van der Waals surface area contributed by atoms with Crippen molar-refractivity contribution in [2.75, 3.05) is 43.1 Å². The molecule has 0 aromatic heterocycles. The first kappa shape index (κ1) is 23.9. The predicted octanol–water partition coefficient (Wildman–Crippen LogP) is 2.17. The van der Waals surface area contributed by atoms with Gasteiger partial charge in [0.2, 0.25) is 10.0 Å². The van der Waals surface area contributed by atoms with E-state index in [0.717, 1.165) is 43.6 Å². The molecule has 0 aliphatic heterocycles. The van der Waals surface area contributed by atoms with Crippen molar-refractivity contribution in [1.82, 2.24) is 4.72 Å². The highest BCUT2D eigenvalue weighted by atomic mass is 32.2. The molecule has 0 bridgehead atoms. The van der Waals surface area contributed by atoms with E-state index in [-0.39, 0.29) is 19.3 Å². The van der Waals surface area contributed by atoms with Crippen LogP contribution in [0.2, 0.25) is 0 Å². The van der Waals surface area contributed by atoms with Crippen LogP contribution >= 0.6 is 0 Å². The number of hydrogen-bond donors (Lipinski definition) is 4. The fourth-order valence-electron chi connectivity index (χ4n) is 3.54. The van der Waals surface area contributed by atoms with Crippen molar-refractivity contribution in [2.24, 2.45) is 5.92 Å². The SMILES string of the molecule is CC(C)(C)S(=O)(=O)NC1CCC(CNc2ccc(N(CCO)CCO)cc2)CC1. The number of hydrogen-bond acceptors (Lipinski definition) is 6. The van der Waals surface area contributed by atoms with E-state index in [4.69, 9.17) is 10.2 Å². The molecule has 1 saturated carbocycles. The second-order valence-electron chi connectivity index (χ2n) is 8.81. The van der Waals surface area contributed by atoms with Gasteiger partial charge in [-0.3, -0.25) is 0 Å². The van der Waals surface area contributed by atoms with Crippen molar-refractivity contribution in [3.05, 3.63) is 24.3 Å². The molecule has 1 aromatic rings. The number of aliphatic hydroxyl groups excluding tert-OH is 2. The largest absolute Gasteiger partial charge is 0.395 e. The number of benzene rings is 1. The molecule has 0 radical (unpaired) electrons. The minimum absolute atomic E-state index is 0.0405. The molecular weight excluding hydrogens is 390 g/mol. The zero-order chi connectivity index (χ0) is 21.5. The van der Waals surface area contributed by atoms with Gasteiger partial charge in [0, 0.05) is 37.1 Å². The second kappa shape index (κ2) is 10.6. The van der Waals surface area contributed by atoms with Crippen LogP contribution < -0.4 is 14.9 Å². The molecule has 0 saturated heterocycles. The zero-order valence-electron chi connectivity index (χ0n) is 17.9. The first-order valence-electron chi connectivity index (χ1n) is 10.5. The van der Waals surface area contributed by atoms with Crippen LogP contribution in [0, 0.1) is 5.92 Å². The number of anilines is 2. The van der Waals surface area contributed by atoms with Crippen LogP contribution in [0.4, 0.5) is 11.4 Å². The molecule has 1 aromatic carbocycles. The van der Waals surface area contributed by atoms with Gasteiger partial charge in [-0.2, -0.15) is 0 Å². The third-order valence-electron chi connectivity index (χ3n) is 5.54. The van der Waals surface area contributed by atoms with E-state index in [9.17, 15) is 8.42 Å². The fraction of sp³-hybridized carbons (Fsp3) is 0.714. The lowest BCUT2D eigenvalue weighted by Gasteiger charge is -2.31. The van der Waals surface area contributed by atoms with E-state index in [1.807, 2.05) is 29.2 Å². The Morgan fingerprint density at radius 3 is 2.03 bits per heavy atom. The quantitative estimate of drug-likeness (QED) is 0.456. The number of rotatable bonds is 10. The van der Waals surface area contributed by atoms with E-state index in [0.29, 0.717) is 19.0 Å². The molecule has 2 rings (SSSR count). The Balaban J connectivity index is 1.79. The smallest absolute Gasteiger partial charge is 0.216 e. The van der Waals surface area contributed by atoms with Gasteiger partial charge in [0.05, 0.1) is 18.0 Å². The standard InChI is InChI=1S/C21H37N3O4S/c1-21(2,3)29(27,28)23-19-6-4-17(5-7-19)16-22-18-8-10-20(11-9-18)24(12-14-25)13-15-26/h8-11,17,19,22-23,25-26H,4-7,12-16H2,1-3H3. The summed E-state index contributed by atoms with van der Waals surface area (Å²) in [5, 5.41) is 21.8. The van der Waals surface area contributed by atoms with Crippen molar-refractivity contribution in [2.45, 2.75) is 57.2 Å². The van der Waals surface area contributed by atoms with E-state index in [1.165, 1.54) is 0 Å². The van der Waals surface area contributed by atoms with Crippen LogP contribution in [0.1, 0.15) is 46.5 Å². The number of aliphatic hydroxyl groups is 2. The lowest BCUT2D eigenvalue weighted by Crippen LogP contribution is -2.46. The van der Waals surface area contributed by atoms with Gasteiger partial charge >= 0.3 is 0 Å². The van der Waals surface area contributed by atoms with E-state index < -0.39 is 14.8 Å². The van der Waals surface area contributed by atoms with Gasteiger partial charge in [0.1, 0.15) is 0 Å². The highest BCUT2D eigenvalue weighted by Gasteiger charge is 2.32. The summed E-state index contributed by atoms with van der Waals surface area (Å²) in [5.41, 5.74) is 2.02. The molecule has 0 unspecified atom stereocenters. The lowest BCUT2D eigenvalue weighted by molar-refractivity contribution is 0.281. The molecule has 1 aliphatic rings. The first-order chi connectivity index (χ1) is 13.7. The zero-order valence-corrected chi connectivity index (χ0v) is 18.7. The van der Waals surface area contributed by atoms with Crippen LogP contribution in [0.25, 0.3) is 0 Å². The van der Waals surface area contributed by atoms with Crippen molar-refractivity contribution in [1.29, 1.82) is 0 Å². The van der Waals surface area contributed by atoms with Crippen LogP contribution in [0.15, 0.2) is 24.3 Å². The summed E-state index contributed by atoms with van der Waals surface area (Å²) in [6.45, 7) is 7.14. The van der Waals surface area contributed by atoms with Crippen LogP contribution in [-0.2, 0) is 10.0 Å². The average molecular weight is 428 g/mol. The summed E-state index contributed by atoms with van der Waals surface area (Å²) in [7, 11) is -3.29. The average Bonchev–Trinajstić information content (AvgIpc) is 2.67. The minimum Gasteiger partial charge on any atom is -0.395 e. The summed E-state index contributed by atoms with van der Waals surface area (Å²) in [5.74, 6) is 0.533. The summed E-state index contributed by atoms with van der Waals surface area (Å²) < 4.78 is 26.7. The number of nitrogens with one attached hydrogen (secondary N) is 2. The summed E-state index contributed by atoms with van der Waals surface area (Å²) in [6.07, 6.45) is 3.75. The number of sulfonamides is 1. The summed E-state index contributed by atoms with van der Waals surface area (Å²) >= 11 is 0. The van der Waals surface area contributed by atoms with E-state index in [1.54, 1.807) is 20.8 Å². The second-order valence-corrected chi connectivity index (χ2v) is 11.3. The van der Waals surface area contributed by atoms with Crippen molar-refractivity contribution >= 4 is 21.4 Å². The first-order valence-corrected chi connectivity index (χ1v) is 12.0. The van der Waals surface area contributed by atoms with Crippen molar-refractivity contribution in [3.8, 4) is 0 Å². The van der Waals surface area contributed by atoms with E-state index >= 15 is 0 Å². The molecule has 0 heterocycles. The third kappa shape index (κ3) is 7.13. The fourth-order valence-corrected chi connectivity index (χ4v) is 4.57. The third-order valence-corrected chi connectivity index (χ3v) is 7.80. The molecule has 1 fully saturated rings. The molecule has 1 aliphatic carbocycles. The molecule has 7 nitrogen and oxygen atoms in total. The van der Waals surface area contributed by atoms with Gasteiger partial charge in [-0.05, 0) is 76.6 Å². The molecule has 0 amide bonds. The Morgan fingerprint density at radius 2 is 1.55 bits per heavy atom. The highest BCUT2D eigenvalue weighted by Crippen LogP contribution is 2.27. The Hall–Kier alpha value is -1.35. The predicted molar refractivity (Wildman–Crippen MR) is 119 cm³/mol. The normalized spacial score (nSPS) is 20.4. The Bertz CT molecular complexity index is 702. The van der Waals surface area contributed by atoms with Gasteiger partial charge in [0.25, 0.3) is 0 Å². The minimum atomic E-state index is -3.29. The molecule has 0 spiro atoms. The molecule has 29 heavy (non-hydrogen) atoms. The summed E-state index contributed by atoms with van der Waals surface area (Å²) in [4.78, 5) is 1.95. The van der Waals surface area contributed by atoms with Crippen LogP contribution in [-0.4, -0.2) is 62.3 Å². The Kier molecular flexibility index (Phi) is 8.75. The molecule has 0 atom stereocenters. The van der Waals surface area contributed by atoms with Crippen LogP contribution in [0.5, 0.6) is 0 Å². The maximum Gasteiger partial charge on any atom is 0.216 e.